The maximum Gasteiger partial charge on any atom is 0.173 e. The third-order valence-electron chi connectivity index (χ3n) is 5.05. The number of benzene rings is 3. The number of ketones is 2. The minimum absolute atomic E-state index is 0.0535. The first kappa shape index (κ1) is 20.8. The Morgan fingerprint density at radius 3 is 2.45 bits per heavy atom. The molecular weight excluding hydrogens is 404 g/mol. The first-order chi connectivity index (χ1) is 15.1. The summed E-state index contributed by atoms with van der Waals surface area (Å²) in [6.45, 7) is 2.13. The third-order valence-corrected chi connectivity index (χ3v) is 6.13. The molecule has 1 N–H and O–H groups in total. The van der Waals surface area contributed by atoms with E-state index >= 15 is 0 Å². The molecule has 4 rings (SSSR count). The van der Waals surface area contributed by atoms with Gasteiger partial charge in [0, 0.05) is 39.8 Å². The SMILES string of the molecule is CC(=O)c1ccccc1CNc1ccc(C(=O)CSc2ccnc3ccccc23)cc1. The molecule has 4 nitrogen and oxygen atoms in total. The summed E-state index contributed by atoms with van der Waals surface area (Å²) in [5.74, 6) is 0.504. The molecule has 0 radical (unpaired) electrons. The van der Waals surface area contributed by atoms with E-state index in [2.05, 4.69) is 10.3 Å². The van der Waals surface area contributed by atoms with Crippen LogP contribution in [0.5, 0.6) is 0 Å². The van der Waals surface area contributed by atoms with Crippen LogP contribution in [-0.2, 0) is 6.54 Å². The molecule has 5 heteroatoms. The van der Waals surface area contributed by atoms with E-state index in [9.17, 15) is 9.59 Å². The predicted octanol–water partition coefficient (Wildman–Crippen LogP) is 6.02. The normalized spacial score (nSPS) is 10.7. The highest BCUT2D eigenvalue weighted by Gasteiger charge is 2.10. The van der Waals surface area contributed by atoms with Gasteiger partial charge in [-0.2, -0.15) is 0 Å². The fourth-order valence-electron chi connectivity index (χ4n) is 3.41. The molecule has 0 fully saturated rings. The highest BCUT2D eigenvalue weighted by Crippen LogP contribution is 2.27. The van der Waals surface area contributed by atoms with Crippen LogP contribution in [0.4, 0.5) is 5.69 Å². The Morgan fingerprint density at radius 2 is 1.65 bits per heavy atom. The number of carbonyl (C=O) groups excluding carboxylic acids is 2. The monoisotopic (exact) mass is 426 g/mol. The van der Waals surface area contributed by atoms with Gasteiger partial charge in [0.15, 0.2) is 11.6 Å². The number of carbonyl (C=O) groups is 2. The average Bonchev–Trinajstić information content (AvgIpc) is 2.81. The van der Waals surface area contributed by atoms with Gasteiger partial charge in [-0.25, -0.2) is 0 Å². The van der Waals surface area contributed by atoms with Crippen molar-refractivity contribution in [3.8, 4) is 0 Å². The van der Waals surface area contributed by atoms with Crippen LogP contribution in [0.1, 0.15) is 33.2 Å². The quantitative estimate of drug-likeness (QED) is 0.276. The van der Waals surface area contributed by atoms with Gasteiger partial charge in [-0.05, 0) is 48.9 Å². The number of hydrogen-bond acceptors (Lipinski definition) is 5. The number of nitrogens with one attached hydrogen (secondary N) is 1. The molecule has 154 valence electrons. The van der Waals surface area contributed by atoms with Gasteiger partial charge in [-0.15, -0.1) is 11.8 Å². The molecule has 0 amide bonds. The molecule has 0 saturated carbocycles. The molecular formula is C26H22N2O2S. The molecule has 0 atom stereocenters. The molecule has 0 aliphatic carbocycles. The topological polar surface area (TPSA) is 59.1 Å². The molecule has 0 spiro atoms. The maximum atomic E-state index is 12.7. The number of rotatable bonds is 8. The maximum absolute atomic E-state index is 12.7. The van der Waals surface area contributed by atoms with Crippen LogP contribution in [0.25, 0.3) is 10.9 Å². The fraction of sp³-hybridized carbons (Fsp3) is 0.115. The minimum atomic E-state index is 0.0535. The van der Waals surface area contributed by atoms with Crippen LogP contribution < -0.4 is 5.32 Å². The largest absolute Gasteiger partial charge is 0.381 e. The van der Waals surface area contributed by atoms with E-state index < -0.39 is 0 Å². The third kappa shape index (κ3) is 5.01. The Labute approximate surface area is 185 Å². The summed E-state index contributed by atoms with van der Waals surface area (Å²) >= 11 is 1.53. The first-order valence-corrected chi connectivity index (χ1v) is 11.0. The molecule has 31 heavy (non-hydrogen) atoms. The summed E-state index contributed by atoms with van der Waals surface area (Å²) in [5, 5.41) is 4.39. The number of aromatic nitrogens is 1. The summed E-state index contributed by atoms with van der Waals surface area (Å²) in [5.41, 5.74) is 4.20. The van der Waals surface area contributed by atoms with E-state index in [-0.39, 0.29) is 11.6 Å². The van der Waals surface area contributed by atoms with Gasteiger partial charge >= 0.3 is 0 Å². The number of hydrogen-bond donors (Lipinski definition) is 1. The lowest BCUT2D eigenvalue weighted by Gasteiger charge is -2.10. The predicted molar refractivity (Wildman–Crippen MR) is 127 cm³/mol. The molecule has 0 aliphatic rings. The number of Topliss-reactive ketones (excluding diaryl/α,β-unsaturated/α-hetero) is 2. The van der Waals surface area contributed by atoms with E-state index in [1.54, 1.807) is 13.1 Å². The van der Waals surface area contributed by atoms with Gasteiger partial charge in [-0.1, -0.05) is 42.5 Å². The zero-order valence-electron chi connectivity index (χ0n) is 17.2. The van der Waals surface area contributed by atoms with Gasteiger partial charge in [0.05, 0.1) is 11.3 Å². The minimum Gasteiger partial charge on any atom is -0.381 e. The zero-order valence-corrected chi connectivity index (χ0v) is 18.0. The lowest BCUT2D eigenvalue weighted by molar-refractivity contribution is 0.101. The van der Waals surface area contributed by atoms with E-state index in [1.807, 2.05) is 78.9 Å². The molecule has 1 aromatic heterocycles. The standard InChI is InChI=1S/C26H22N2O2S/c1-18(29)22-7-3-2-6-20(22)16-28-21-12-10-19(11-13-21)25(30)17-31-26-14-15-27-24-9-5-4-8-23(24)26/h2-15,28H,16-17H2,1H3. The molecule has 1 heterocycles. The number of thioether (sulfide) groups is 1. The summed E-state index contributed by atoms with van der Waals surface area (Å²) in [6, 6.07) is 25.0. The van der Waals surface area contributed by atoms with Crippen LogP contribution >= 0.6 is 11.8 Å². The Kier molecular flexibility index (Phi) is 6.43. The van der Waals surface area contributed by atoms with Gasteiger partial charge < -0.3 is 5.32 Å². The van der Waals surface area contributed by atoms with Crippen LogP contribution in [-0.4, -0.2) is 22.3 Å². The summed E-state index contributed by atoms with van der Waals surface area (Å²) in [4.78, 5) is 29.9. The number of pyridine rings is 1. The Balaban J connectivity index is 1.38. The summed E-state index contributed by atoms with van der Waals surface area (Å²) in [6.07, 6.45) is 1.78. The summed E-state index contributed by atoms with van der Waals surface area (Å²) in [7, 11) is 0. The van der Waals surface area contributed by atoms with Crippen molar-refractivity contribution in [2.24, 2.45) is 0 Å². The van der Waals surface area contributed by atoms with E-state index in [0.29, 0.717) is 17.9 Å². The van der Waals surface area contributed by atoms with E-state index in [4.69, 9.17) is 0 Å². The van der Waals surface area contributed by atoms with Crippen molar-refractivity contribution in [3.63, 3.8) is 0 Å². The van der Waals surface area contributed by atoms with Crippen molar-refractivity contribution < 1.29 is 9.59 Å². The van der Waals surface area contributed by atoms with Crippen LogP contribution in [0.15, 0.2) is 90.0 Å². The molecule has 0 aliphatic heterocycles. The molecule has 0 unspecified atom stereocenters. The Morgan fingerprint density at radius 1 is 0.903 bits per heavy atom. The van der Waals surface area contributed by atoms with Crippen molar-refractivity contribution in [2.75, 3.05) is 11.1 Å². The molecule has 3 aromatic carbocycles. The van der Waals surface area contributed by atoms with Crippen molar-refractivity contribution in [1.82, 2.24) is 4.98 Å². The highest BCUT2D eigenvalue weighted by atomic mass is 32.2. The second kappa shape index (κ2) is 9.58. The fourth-order valence-corrected chi connectivity index (χ4v) is 4.35. The van der Waals surface area contributed by atoms with Crippen molar-refractivity contribution in [2.45, 2.75) is 18.4 Å². The average molecular weight is 427 g/mol. The zero-order chi connectivity index (χ0) is 21.6. The highest BCUT2D eigenvalue weighted by molar-refractivity contribution is 8.00. The van der Waals surface area contributed by atoms with Gasteiger partial charge in [-0.3, -0.25) is 14.6 Å². The number of fused-ring (bicyclic) bond motifs is 1. The second-order valence-corrected chi connectivity index (χ2v) is 8.20. The van der Waals surface area contributed by atoms with Gasteiger partial charge in [0.2, 0.25) is 0 Å². The van der Waals surface area contributed by atoms with E-state index in [1.165, 1.54) is 11.8 Å². The molecule has 4 aromatic rings. The van der Waals surface area contributed by atoms with Crippen LogP contribution in [0.2, 0.25) is 0 Å². The van der Waals surface area contributed by atoms with Gasteiger partial charge in [0.1, 0.15) is 0 Å². The van der Waals surface area contributed by atoms with Crippen LogP contribution in [0, 0.1) is 0 Å². The van der Waals surface area contributed by atoms with E-state index in [0.717, 1.165) is 32.6 Å². The summed E-state index contributed by atoms with van der Waals surface area (Å²) < 4.78 is 0. The lowest BCUT2D eigenvalue weighted by atomic mass is 10.0. The van der Waals surface area contributed by atoms with Crippen LogP contribution in [0.3, 0.4) is 0 Å². The van der Waals surface area contributed by atoms with Crippen molar-refractivity contribution >= 4 is 39.9 Å². The second-order valence-electron chi connectivity index (χ2n) is 7.18. The smallest absolute Gasteiger partial charge is 0.173 e. The first-order valence-electron chi connectivity index (χ1n) is 10.0. The van der Waals surface area contributed by atoms with Crippen molar-refractivity contribution in [1.29, 1.82) is 0 Å². The lowest BCUT2D eigenvalue weighted by Crippen LogP contribution is -2.06. The Bertz CT molecular complexity index is 1230. The number of para-hydroxylation sites is 1. The Hall–Kier alpha value is -3.44. The van der Waals surface area contributed by atoms with Crippen molar-refractivity contribution in [3.05, 3.63) is 102 Å². The molecule has 0 saturated heterocycles. The molecule has 0 bridgehead atoms. The number of nitrogens with zero attached hydrogens (tertiary/aromatic N) is 1. The number of anilines is 1. The van der Waals surface area contributed by atoms with Gasteiger partial charge in [0.25, 0.3) is 0 Å².